The number of nitrogens with zero attached hydrogens (tertiary/aromatic N) is 2. The van der Waals surface area contributed by atoms with E-state index in [1.807, 2.05) is 0 Å². The molecule has 0 bridgehead atoms. The van der Waals surface area contributed by atoms with E-state index >= 15 is 0 Å². The molecule has 0 aliphatic rings. The van der Waals surface area contributed by atoms with Crippen LogP contribution in [0.5, 0.6) is 5.75 Å². The van der Waals surface area contributed by atoms with Crippen molar-refractivity contribution in [3.63, 3.8) is 0 Å². The van der Waals surface area contributed by atoms with Crippen LogP contribution in [0, 0.1) is 0 Å². The smallest absolute Gasteiger partial charge is 0.264 e. The van der Waals surface area contributed by atoms with Crippen molar-refractivity contribution in [2.45, 2.75) is 6.61 Å². The number of benzene rings is 2. The van der Waals surface area contributed by atoms with Crippen LogP contribution in [0.2, 0.25) is 10.0 Å². The molecule has 23 heavy (non-hydrogen) atoms. The van der Waals surface area contributed by atoms with Crippen molar-refractivity contribution in [2.24, 2.45) is 0 Å². The second-order valence-electron chi connectivity index (χ2n) is 4.62. The van der Waals surface area contributed by atoms with Gasteiger partial charge < -0.3 is 9.26 Å². The number of rotatable bonds is 5. The van der Waals surface area contributed by atoms with Crippen molar-refractivity contribution in [1.82, 2.24) is 10.1 Å². The first kappa shape index (κ1) is 15.5. The summed E-state index contributed by atoms with van der Waals surface area (Å²) in [6, 6.07) is 11.8. The van der Waals surface area contributed by atoms with Crippen LogP contribution in [0.3, 0.4) is 0 Å². The molecule has 0 fully saturated rings. The van der Waals surface area contributed by atoms with Gasteiger partial charge in [0.15, 0.2) is 6.61 Å². The van der Waals surface area contributed by atoms with Gasteiger partial charge in [-0.3, -0.25) is 4.79 Å². The fraction of sp³-hybridized carbons (Fsp3) is 0.0625. The number of hydrogen-bond donors (Lipinski definition) is 0. The lowest BCUT2D eigenvalue weighted by atomic mass is 10.2. The molecule has 0 N–H and O–H groups in total. The Morgan fingerprint density at radius 2 is 1.87 bits per heavy atom. The number of halogens is 2. The Balaban J connectivity index is 1.69. The van der Waals surface area contributed by atoms with Gasteiger partial charge in [-0.2, -0.15) is 4.98 Å². The highest BCUT2D eigenvalue weighted by atomic mass is 35.5. The predicted molar refractivity (Wildman–Crippen MR) is 85.9 cm³/mol. The average Bonchev–Trinajstić information content (AvgIpc) is 3.05. The van der Waals surface area contributed by atoms with Crippen molar-refractivity contribution in [3.05, 3.63) is 64.0 Å². The molecule has 7 heteroatoms. The monoisotopic (exact) mass is 348 g/mol. The Labute approximate surface area is 141 Å². The number of ether oxygens (including phenoxy) is 1. The molecule has 0 spiro atoms. The Morgan fingerprint density at radius 3 is 2.57 bits per heavy atom. The van der Waals surface area contributed by atoms with E-state index in [2.05, 4.69) is 10.1 Å². The summed E-state index contributed by atoms with van der Waals surface area (Å²) < 4.78 is 10.7. The van der Waals surface area contributed by atoms with E-state index in [0.717, 1.165) is 6.29 Å². The quantitative estimate of drug-likeness (QED) is 0.638. The molecular weight excluding hydrogens is 339 g/mol. The zero-order chi connectivity index (χ0) is 16.2. The normalized spacial score (nSPS) is 10.5. The van der Waals surface area contributed by atoms with E-state index in [-0.39, 0.29) is 6.61 Å². The van der Waals surface area contributed by atoms with Crippen LogP contribution >= 0.6 is 23.2 Å². The molecule has 116 valence electrons. The first-order valence-corrected chi connectivity index (χ1v) is 7.37. The maximum Gasteiger partial charge on any atom is 0.264 e. The lowest BCUT2D eigenvalue weighted by Gasteiger charge is -2.02. The summed E-state index contributed by atoms with van der Waals surface area (Å²) in [5.41, 5.74) is 1.28. The summed E-state index contributed by atoms with van der Waals surface area (Å²) in [5, 5.41) is 4.76. The van der Waals surface area contributed by atoms with Gasteiger partial charge in [-0.05, 0) is 42.5 Å². The molecule has 0 unspecified atom stereocenters. The maximum atomic E-state index is 10.6. The molecule has 0 radical (unpaired) electrons. The maximum absolute atomic E-state index is 10.6. The van der Waals surface area contributed by atoms with Crippen molar-refractivity contribution in [1.29, 1.82) is 0 Å². The Bertz CT molecular complexity index is 832. The van der Waals surface area contributed by atoms with Crippen LogP contribution < -0.4 is 4.74 Å². The molecule has 0 saturated heterocycles. The van der Waals surface area contributed by atoms with E-state index in [1.54, 1.807) is 42.5 Å². The van der Waals surface area contributed by atoms with Crippen LogP contribution in [0.15, 0.2) is 47.0 Å². The number of aromatic nitrogens is 2. The fourth-order valence-electron chi connectivity index (χ4n) is 1.85. The zero-order valence-corrected chi connectivity index (χ0v) is 13.2. The zero-order valence-electron chi connectivity index (χ0n) is 11.7. The van der Waals surface area contributed by atoms with E-state index in [1.165, 1.54) is 0 Å². The summed E-state index contributed by atoms with van der Waals surface area (Å²) in [6.45, 7) is 0.120. The molecule has 0 atom stereocenters. The highest BCUT2D eigenvalue weighted by molar-refractivity contribution is 6.42. The summed E-state index contributed by atoms with van der Waals surface area (Å²) >= 11 is 11.8. The minimum absolute atomic E-state index is 0.120. The second-order valence-corrected chi connectivity index (χ2v) is 5.43. The van der Waals surface area contributed by atoms with Crippen LogP contribution in [0.4, 0.5) is 0 Å². The van der Waals surface area contributed by atoms with Crippen molar-refractivity contribution >= 4 is 29.5 Å². The van der Waals surface area contributed by atoms with Crippen LogP contribution in [0.25, 0.3) is 11.4 Å². The molecule has 0 saturated carbocycles. The number of carbonyl (C=O) groups is 1. The third-order valence-electron chi connectivity index (χ3n) is 3.02. The second kappa shape index (κ2) is 6.81. The van der Waals surface area contributed by atoms with Crippen molar-refractivity contribution in [2.75, 3.05) is 0 Å². The fourth-order valence-corrected chi connectivity index (χ4v) is 2.15. The molecule has 5 nitrogen and oxygen atoms in total. The third kappa shape index (κ3) is 3.70. The minimum atomic E-state index is 0.120. The lowest BCUT2D eigenvalue weighted by molar-refractivity contribution is 0.112. The Kier molecular flexibility index (Phi) is 4.60. The average molecular weight is 349 g/mol. The van der Waals surface area contributed by atoms with Gasteiger partial charge in [0.1, 0.15) is 12.0 Å². The molecule has 2 aromatic carbocycles. The Morgan fingerprint density at radius 1 is 1.09 bits per heavy atom. The molecule has 1 aromatic heterocycles. The summed E-state index contributed by atoms with van der Waals surface area (Å²) in [5.74, 6) is 1.33. The van der Waals surface area contributed by atoms with Crippen LogP contribution in [-0.4, -0.2) is 16.4 Å². The summed E-state index contributed by atoms with van der Waals surface area (Å²) in [6.07, 6.45) is 0.769. The molecule has 3 aromatic rings. The van der Waals surface area contributed by atoms with Crippen molar-refractivity contribution in [3.8, 4) is 17.1 Å². The highest BCUT2D eigenvalue weighted by Crippen LogP contribution is 2.27. The Hall–Kier alpha value is -2.37. The van der Waals surface area contributed by atoms with E-state index < -0.39 is 0 Å². The lowest BCUT2D eigenvalue weighted by Crippen LogP contribution is -1.96. The van der Waals surface area contributed by atoms with Gasteiger partial charge in [0, 0.05) is 11.1 Å². The van der Waals surface area contributed by atoms with Gasteiger partial charge in [-0.1, -0.05) is 28.4 Å². The predicted octanol–water partition coefficient (Wildman–Crippen LogP) is 4.43. The SMILES string of the molecule is O=Cc1ccc(OCc2nc(-c3ccc(Cl)c(Cl)c3)no2)cc1. The summed E-state index contributed by atoms with van der Waals surface area (Å²) in [7, 11) is 0. The largest absolute Gasteiger partial charge is 0.484 e. The van der Waals surface area contributed by atoms with Crippen LogP contribution in [0.1, 0.15) is 16.2 Å². The molecule has 0 amide bonds. The van der Waals surface area contributed by atoms with Gasteiger partial charge >= 0.3 is 0 Å². The van der Waals surface area contributed by atoms with Crippen molar-refractivity contribution < 1.29 is 14.1 Å². The minimum Gasteiger partial charge on any atom is -0.484 e. The molecule has 1 heterocycles. The number of hydrogen-bond acceptors (Lipinski definition) is 5. The van der Waals surface area contributed by atoms with Crippen LogP contribution in [-0.2, 0) is 6.61 Å². The first-order chi connectivity index (χ1) is 11.2. The number of carbonyl (C=O) groups excluding carboxylic acids is 1. The third-order valence-corrected chi connectivity index (χ3v) is 3.76. The van der Waals surface area contributed by atoms with Gasteiger partial charge in [-0.15, -0.1) is 0 Å². The topological polar surface area (TPSA) is 65.2 Å². The van der Waals surface area contributed by atoms with E-state index in [4.69, 9.17) is 32.5 Å². The van der Waals surface area contributed by atoms with Gasteiger partial charge in [0.05, 0.1) is 10.0 Å². The first-order valence-electron chi connectivity index (χ1n) is 6.62. The summed E-state index contributed by atoms with van der Waals surface area (Å²) in [4.78, 5) is 14.8. The van der Waals surface area contributed by atoms with Gasteiger partial charge in [-0.25, -0.2) is 0 Å². The van der Waals surface area contributed by atoms with Gasteiger partial charge in [0.2, 0.25) is 5.82 Å². The van der Waals surface area contributed by atoms with E-state index in [0.29, 0.717) is 38.6 Å². The highest BCUT2D eigenvalue weighted by Gasteiger charge is 2.10. The molecule has 0 aliphatic carbocycles. The molecular formula is C16H10Cl2N2O3. The van der Waals surface area contributed by atoms with E-state index in [9.17, 15) is 4.79 Å². The number of aldehydes is 1. The molecule has 3 rings (SSSR count). The standard InChI is InChI=1S/C16H10Cl2N2O3/c17-13-6-3-11(7-14(13)18)16-19-15(23-20-16)9-22-12-4-1-10(8-21)2-5-12/h1-8H,9H2. The molecule has 0 aliphatic heterocycles. The van der Waals surface area contributed by atoms with Gasteiger partial charge in [0.25, 0.3) is 5.89 Å².